The maximum atomic E-state index is 12.2. The normalized spacial score (nSPS) is 12.7. The van der Waals surface area contributed by atoms with Crippen molar-refractivity contribution in [3.8, 4) is 23.0 Å². The lowest BCUT2D eigenvalue weighted by atomic mass is 10.2. The largest absolute Gasteiger partial charge is 0.493 e. The molecular weight excluding hydrogens is 346 g/mol. The zero-order valence-corrected chi connectivity index (χ0v) is 15.5. The number of benzene rings is 2. The molecule has 1 aliphatic heterocycles. The minimum atomic E-state index is -0.239. The van der Waals surface area contributed by atoms with Crippen molar-refractivity contribution in [2.24, 2.45) is 0 Å². The molecule has 27 heavy (non-hydrogen) atoms. The summed E-state index contributed by atoms with van der Waals surface area (Å²) in [5.41, 5.74) is 1.49. The SMILES string of the molecule is CCCOc1ccc(/C=C\C(=O)Nc2ccc3c(c2)OCCO3)cc1OC. The molecule has 0 spiro atoms. The Morgan fingerprint density at radius 1 is 1.11 bits per heavy atom. The highest BCUT2D eigenvalue weighted by atomic mass is 16.6. The summed E-state index contributed by atoms with van der Waals surface area (Å²) < 4.78 is 22.0. The van der Waals surface area contributed by atoms with Crippen LogP contribution in [0.2, 0.25) is 0 Å². The predicted molar refractivity (Wildman–Crippen MR) is 104 cm³/mol. The molecule has 2 aromatic rings. The second-order valence-corrected chi connectivity index (χ2v) is 5.94. The van der Waals surface area contributed by atoms with Crippen LogP contribution in [0.1, 0.15) is 18.9 Å². The van der Waals surface area contributed by atoms with Gasteiger partial charge in [0.25, 0.3) is 0 Å². The van der Waals surface area contributed by atoms with Gasteiger partial charge in [0.15, 0.2) is 23.0 Å². The van der Waals surface area contributed by atoms with Gasteiger partial charge in [-0.05, 0) is 42.3 Å². The molecule has 0 atom stereocenters. The number of nitrogens with one attached hydrogen (secondary N) is 1. The highest BCUT2D eigenvalue weighted by Gasteiger charge is 2.12. The van der Waals surface area contributed by atoms with E-state index in [1.54, 1.807) is 31.4 Å². The maximum Gasteiger partial charge on any atom is 0.248 e. The molecule has 1 heterocycles. The number of carbonyl (C=O) groups excluding carboxylic acids is 1. The molecule has 1 amide bonds. The first-order valence-corrected chi connectivity index (χ1v) is 8.89. The summed E-state index contributed by atoms with van der Waals surface area (Å²) in [5.74, 6) is 2.41. The van der Waals surface area contributed by atoms with Crippen molar-refractivity contribution >= 4 is 17.7 Å². The van der Waals surface area contributed by atoms with E-state index in [0.717, 1.165) is 12.0 Å². The number of hydrogen-bond donors (Lipinski definition) is 1. The van der Waals surface area contributed by atoms with Crippen LogP contribution in [0.4, 0.5) is 5.69 Å². The van der Waals surface area contributed by atoms with E-state index >= 15 is 0 Å². The first-order chi connectivity index (χ1) is 13.2. The lowest BCUT2D eigenvalue weighted by Crippen LogP contribution is -2.16. The van der Waals surface area contributed by atoms with Gasteiger partial charge in [0.1, 0.15) is 13.2 Å². The van der Waals surface area contributed by atoms with Crippen molar-refractivity contribution in [2.75, 3.05) is 32.2 Å². The second kappa shape index (κ2) is 8.98. The van der Waals surface area contributed by atoms with Crippen molar-refractivity contribution in [1.82, 2.24) is 0 Å². The molecule has 0 bridgehead atoms. The standard InChI is InChI=1S/C21H23NO5/c1-3-10-25-17-7-4-15(13-19(17)24-2)5-9-21(23)22-16-6-8-18-20(14-16)27-12-11-26-18/h4-9,13-14H,3,10-12H2,1-2H3,(H,22,23)/b9-5-. The summed E-state index contributed by atoms with van der Waals surface area (Å²) in [7, 11) is 1.59. The highest BCUT2D eigenvalue weighted by Crippen LogP contribution is 2.32. The van der Waals surface area contributed by atoms with E-state index in [0.29, 0.717) is 48.5 Å². The van der Waals surface area contributed by atoms with Gasteiger partial charge in [-0.25, -0.2) is 0 Å². The van der Waals surface area contributed by atoms with Gasteiger partial charge < -0.3 is 24.3 Å². The Hall–Kier alpha value is -3.15. The average Bonchev–Trinajstić information content (AvgIpc) is 2.70. The quantitative estimate of drug-likeness (QED) is 0.750. The van der Waals surface area contributed by atoms with Gasteiger partial charge in [0.05, 0.1) is 13.7 Å². The summed E-state index contributed by atoms with van der Waals surface area (Å²) in [5, 5.41) is 2.81. The molecule has 0 unspecified atom stereocenters. The maximum absolute atomic E-state index is 12.2. The van der Waals surface area contributed by atoms with Gasteiger partial charge in [0, 0.05) is 17.8 Å². The molecule has 6 nitrogen and oxygen atoms in total. The Balaban J connectivity index is 1.64. The van der Waals surface area contributed by atoms with Crippen molar-refractivity contribution in [2.45, 2.75) is 13.3 Å². The van der Waals surface area contributed by atoms with E-state index in [2.05, 4.69) is 5.32 Å². The molecule has 1 N–H and O–H groups in total. The van der Waals surface area contributed by atoms with Gasteiger partial charge in [-0.1, -0.05) is 13.0 Å². The van der Waals surface area contributed by atoms with E-state index in [4.69, 9.17) is 18.9 Å². The van der Waals surface area contributed by atoms with Gasteiger partial charge in [-0.3, -0.25) is 4.79 Å². The fraction of sp³-hybridized carbons (Fsp3) is 0.286. The lowest BCUT2D eigenvalue weighted by Gasteiger charge is -2.18. The van der Waals surface area contributed by atoms with Crippen LogP contribution in [0.15, 0.2) is 42.5 Å². The first kappa shape index (κ1) is 18.6. The monoisotopic (exact) mass is 369 g/mol. The van der Waals surface area contributed by atoms with Gasteiger partial charge in [0.2, 0.25) is 5.91 Å². The summed E-state index contributed by atoms with van der Waals surface area (Å²) in [6, 6.07) is 10.9. The Kier molecular flexibility index (Phi) is 6.20. The van der Waals surface area contributed by atoms with Crippen LogP contribution in [-0.4, -0.2) is 32.8 Å². The molecule has 0 saturated heterocycles. The topological polar surface area (TPSA) is 66.0 Å². The second-order valence-electron chi connectivity index (χ2n) is 5.94. The van der Waals surface area contributed by atoms with Crippen molar-refractivity contribution in [3.05, 3.63) is 48.0 Å². The molecule has 0 aliphatic carbocycles. The summed E-state index contributed by atoms with van der Waals surface area (Å²) >= 11 is 0. The zero-order chi connectivity index (χ0) is 19.1. The summed E-state index contributed by atoms with van der Waals surface area (Å²) in [6.07, 6.45) is 4.11. The molecule has 142 valence electrons. The van der Waals surface area contributed by atoms with Crippen LogP contribution < -0.4 is 24.3 Å². The van der Waals surface area contributed by atoms with Crippen LogP contribution in [0.5, 0.6) is 23.0 Å². The van der Waals surface area contributed by atoms with Crippen molar-refractivity contribution in [3.63, 3.8) is 0 Å². The molecule has 0 aromatic heterocycles. The highest BCUT2D eigenvalue weighted by molar-refractivity contribution is 6.02. The minimum Gasteiger partial charge on any atom is -0.493 e. The Bertz CT molecular complexity index is 831. The summed E-state index contributed by atoms with van der Waals surface area (Å²) in [4.78, 5) is 12.2. The Labute approximate surface area is 158 Å². The van der Waals surface area contributed by atoms with Crippen molar-refractivity contribution in [1.29, 1.82) is 0 Å². The molecule has 1 aliphatic rings. The molecule has 0 fully saturated rings. The zero-order valence-electron chi connectivity index (χ0n) is 15.5. The van der Waals surface area contributed by atoms with E-state index in [9.17, 15) is 4.79 Å². The molecule has 0 saturated carbocycles. The fourth-order valence-corrected chi connectivity index (χ4v) is 2.60. The predicted octanol–water partition coefficient (Wildman–Crippen LogP) is 3.91. The van der Waals surface area contributed by atoms with Crippen LogP contribution in [-0.2, 0) is 4.79 Å². The first-order valence-electron chi connectivity index (χ1n) is 8.89. The average molecular weight is 369 g/mol. The van der Waals surface area contributed by atoms with Gasteiger partial charge >= 0.3 is 0 Å². The van der Waals surface area contributed by atoms with Crippen LogP contribution in [0, 0.1) is 0 Å². The molecule has 3 rings (SSSR count). The van der Waals surface area contributed by atoms with Gasteiger partial charge in [-0.15, -0.1) is 0 Å². The van der Waals surface area contributed by atoms with E-state index < -0.39 is 0 Å². The number of hydrogen-bond acceptors (Lipinski definition) is 5. The molecular formula is C21H23NO5. The summed E-state index contributed by atoms with van der Waals surface area (Å²) in [6.45, 7) is 3.71. The third-order valence-corrected chi connectivity index (χ3v) is 3.89. The third kappa shape index (κ3) is 4.94. The third-order valence-electron chi connectivity index (χ3n) is 3.89. The number of fused-ring (bicyclic) bond motifs is 1. The van der Waals surface area contributed by atoms with Crippen LogP contribution in [0.3, 0.4) is 0 Å². The van der Waals surface area contributed by atoms with E-state index in [1.807, 2.05) is 25.1 Å². The van der Waals surface area contributed by atoms with E-state index in [1.165, 1.54) is 6.08 Å². The van der Waals surface area contributed by atoms with Crippen LogP contribution >= 0.6 is 0 Å². The number of methoxy groups -OCH3 is 1. The number of anilines is 1. The smallest absolute Gasteiger partial charge is 0.248 e. The molecule has 2 aromatic carbocycles. The Morgan fingerprint density at radius 2 is 1.93 bits per heavy atom. The van der Waals surface area contributed by atoms with Crippen LogP contribution in [0.25, 0.3) is 6.08 Å². The number of ether oxygens (including phenoxy) is 4. The van der Waals surface area contributed by atoms with Crippen molar-refractivity contribution < 1.29 is 23.7 Å². The number of amides is 1. The van der Waals surface area contributed by atoms with E-state index in [-0.39, 0.29) is 5.91 Å². The lowest BCUT2D eigenvalue weighted by molar-refractivity contribution is -0.111. The number of carbonyl (C=O) groups is 1. The van der Waals surface area contributed by atoms with Gasteiger partial charge in [-0.2, -0.15) is 0 Å². The Morgan fingerprint density at radius 3 is 2.70 bits per heavy atom. The molecule has 6 heteroatoms. The fourth-order valence-electron chi connectivity index (χ4n) is 2.60. The number of rotatable bonds is 7. The molecule has 0 radical (unpaired) electrons. The minimum absolute atomic E-state index is 0.239.